The van der Waals surface area contributed by atoms with Crippen LogP contribution >= 0.6 is 15.9 Å². The number of ketones is 1. The Kier molecular flexibility index (Phi) is 3.81. The first-order valence-corrected chi connectivity index (χ1v) is 6.25. The van der Waals surface area contributed by atoms with Gasteiger partial charge in [0.15, 0.2) is 5.78 Å². The average Bonchev–Trinajstić information content (AvgIpc) is 2.75. The molecule has 5 heteroatoms. The smallest absolute Gasteiger partial charge is 0.182 e. The molecule has 1 aromatic heterocycles. The molecule has 1 aromatic carbocycles. The van der Waals surface area contributed by atoms with Gasteiger partial charge in [0, 0.05) is 18.0 Å². The Morgan fingerprint density at radius 2 is 2.28 bits per heavy atom. The molecular formula is C13H13BrN2O2. The van der Waals surface area contributed by atoms with Crippen molar-refractivity contribution in [1.82, 2.24) is 9.55 Å². The van der Waals surface area contributed by atoms with Crippen LogP contribution in [0.3, 0.4) is 0 Å². The highest BCUT2D eigenvalue weighted by Crippen LogP contribution is 2.25. The van der Waals surface area contributed by atoms with Crippen LogP contribution in [0, 0.1) is 6.92 Å². The van der Waals surface area contributed by atoms with Gasteiger partial charge in [-0.05, 0) is 41.1 Å². The van der Waals surface area contributed by atoms with E-state index in [1.165, 1.54) is 0 Å². The Bertz CT molecular complexity index is 578. The van der Waals surface area contributed by atoms with E-state index in [0.717, 1.165) is 10.3 Å². The molecule has 18 heavy (non-hydrogen) atoms. The summed E-state index contributed by atoms with van der Waals surface area (Å²) in [5.74, 6) is 1.58. The van der Waals surface area contributed by atoms with Crippen molar-refractivity contribution in [1.29, 1.82) is 0 Å². The third-order valence-electron chi connectivity index (χ3n) is 2.71. The second kappa shape index (κ2) is 5.35. The number of hydrogen-bond acceptors (Lipinski definition) is 3. The lowest BCUT2D eigenvalue weighted by Gasteiger charge is -2.07. The van der Waals surface area contributed by atoms with Crippen LogP contribution in [0.25, 0.3) is 0 Å². The SMILES string of the molecule is COc1ccc(C(=O)Cn2ccnc2C)cc1Br. The molecule has 2 aromatic rings. The van der Waals surface area contributed by atoms with E-state index in [0.29, 0.717) is 17.9 Å². The van der Waals surface area contributed by atoms with Gasteiger partial charge in [0.1, 0.15) is 11.6 Å². The first kappa shape index (κ1) is 12.8. The van der Waals surface area contributed by atoms with Gasteiger partial charge in [-0.3, -0.25) is 4.79 Å². The quantitative estimate of drug-likeness (QED) is 0.816. The highest BCUT2D eigenvalue weighted by molar-refractivity contribution is 9.10. The van der Waals surface area contributed by atoms with Gasteiger partial charge in [-0.2, -0.15) is 0 Å². The largest absolute Gasteiger partial charge is 0.496 e. The molecule has 0 atom stereocenters. The second-order valence-corrected chi connectivity index (χ2v) is 4.73. The highest BCUT2D eigenvalue weighted by Gasteiger charge is 2.10. The molecule has 0 unspecified atom stereocenters. The monoisotopic (exact) mass is 308 g/mol. The summed E-state index contributed by atoms with van der Waals surface area (Å²) in [5.41, 5.74) is 0.649. The van der Waals surface area contributed by atoms with Crippen molar-refractivity contribution < 1.29 is 9.53 Å². The number of aryl methyl sites for hydroxylation is 1. The van der Waals surface area contributed by atoms with E-state index in [2.05, 4.69) is 20.9 Å². The van der Waals surface area contributed by atoms with Crippen LogP contribution in [0.1, 0.15) is 16.2 Å². The molecule has 0 radical (unpaired) electrons. The van der Waals surface area contributed by atoms with E-state index in [1.807, 2.05) is 11.5 Å². The minimum absolute atomic E-state index is 0.0412. The number of nitrogens with zero attached hydrogens (tertiary/aromatic N) is 2. The number of hydrogen-bond donors (Lipinski definition) is 0. The fraction of sp³-hybridized carbons (Fsp3) is 0.231. The maximum absolute atomic E-state index is 12.1. The van der Waals surface area contributed by atoms with Crippen LogP contribution in [0.5, 0.6) is 5.75 Å². The van der Waals surface area contributed by atoms with Crippen molar-refractivity contribution >= 4 is 21.7 Å². The summed E-state index contributed by atoms with van der Waals surface area (Å²) in [6.45, 7) is 2.17. The number of carbonyl (C=O) groups is 1. The summed E-state index contributed by atoms with van der Waals surface area (Å²) in [7, 11) is 1.59. The fourth-order valence-electron chi connectivity index (χ4n) is 1.66. The van der Waals surface area contributed by atoms with E-state index < -0.39 is 0 Å². The number of benzene rings is 1. The van der Waals surface area contributed by atoms with Crippen molar-refractivity contribution in [2.24, 2.45) is 0 Å². The van der Waals surface area contributed by atoms with E-state index in [9.17, 15) is 4.79 Å². The zero-order valence-electron chi connectivity index (χ0n) is 10.2. The van der Waals surface area contributed by atoms with Gasteiger partial charge in [0.25, 0.3) is 0 Å². The molecule has 0 fully saturated rings. The molecule has 0 saturated heterocycles. The van der Waals surface area contributed by atoms with Gasteiger partial charge in [-0.25, -0.2) is 4.98 Å². The van der Waals surface area contributed by atoms with Crippen LogP contribution in [-0.2, 0) is 6.54 Å². The van der Waals surface area contributed by atoms with Gasteiger partial charge in [-0.15, -0.1) is 0 Å². The summed E-state index contributed by atoms with van der Waals surface area (Å²) < 4.78 is 7.73. The lowest BCUT2D eigenvalue weighted by molar-refractivity contribution is 0.0971. The van der Waals surface area contributed by atoms with Gasteiger partial charge in [0.2, 0.25) is 0 Å². The van der Waals surface area contributed by atoms with Crippen molar-refractivity contribution in [3.8, 4) is 5.75 Å². The molecule has 2 rings (SSSR count). The number of Topliss-reactive ketones (excluding diaryl/α,β-unsaturated/α-hetero) is 1. The predicted molar refractivity (Wildman–Crippen MR) is 72.0 cm³/mol. The zero-order valence-corrected chi connectivity index (χ0v) is 11.8. The van der Waals surface area contributed by atoms with Gasteiger partial charge < -0.3 is 9.30 Å². The highest BCUT2D eigenvalue weighted by atomic mass is 79.9. The number of halogens is 1. The fourth-order valence-corrected chi connectivity index (χ4v) is 2.20. The molecule has 4 nitrogen and oxygen atoms in total. The number of carbonyl (C=O) groups excluding carboxylic acids is 1. The van der Waals surface area contributed by atoms with Crippen molar-refractivity contribution in [2.75, 3.05) is 7.11 Å². The van der Waals surface area contributed by atoms with E-state index in [4.69, 9.17) is 4.74 Å². The zero-order chi connectivity index (χ0) is 13.1. The molecule has 0 aliphatic carbocycles. The Morgan fingerprint density at radius 3 is 2.83 bits per heavy atom. The number of ether oxygens (including phenoxy) is 1. The minimum Gasteiger partial charge on any atom is -0.496 e. The third-order valence-corrected chi connectivity index (χ3v) is 3.33. The third kappa shape index (κ3) is 2.61. The van der Waals surface area contributed by atoms with Crippen LogP contribution < -0.4 is 4.74 Å². The van der Waals surface area contributed by atoms with Crippen LogP contribution in [0.2, 0.25) is 0 Å². The summed E-state index contributed by atoms with van der Waals surface area (Å²) >= 11 is 3.37. The summed E-state index contributed by atoms with van der Waals surface area (Å²) in [6, 6.07) is 5.31. The molecule has 0 bridgehead atoms. The van der Waals surface area contributed by atoms with E-state index in [1.54, 1.807) is 37.7 Å². The van der Waals surface area contributed by atoms with Gasteiger partial charge in [-0.1, -0.05) is 0 Å². The van der Waals surface area contributed by atoms with Crippen LogP contribution in [0.4, 0.5) is 0 Å². The molecule has 0 spiro atoms. The van der Waals surface area contributed by atoms with Crippen LogP contribution in [-0.4, -0.2) is 22.4 Å². The standard InChI is InChI=1S/C13H13BrN2O2/c1-9-15-5-6-16(9)8-12(17)10-3-4-13(18-2)11(14)7-10/h3-7H,8H2,1-2H3. The predicted octanol–water partition coefficient (Wildman–Crippen LogP) is 2.85. The van der Waals surface area contributed by atoms with Gasteiger partial charge in [0.05, 0.1) is 18.1 Å². The number of rotatable bonds is 4. The molecule has 0 aliphatic rings. The average molecular weight is 309 g/mol. The molecule has 0 N–H and O–H groups in total. The van der Waals surface area contributed by atoms with E-state index in [-0.39, 0.29) is 5.78 Å². The molecule has 1 heterocycles. The molecule has 94 valence electrons. The lowest BCUT2D eigenvalue weighted by atomic mass is 10.1. The summed E-state index contributed by atoms with van der Waals surface area (Å²) in [4.78, 5) is 16.2. The lowest BCUT2D eigenvalue weighted by Crippen LogP contribution is -2.11. The normalized spacial score (nSPS) is 10.4. The van der Waals surface area contributed by atoms with Gasteiger partial charge >= 0.3 is 0 Å². The Labute approximate surface area is 114 Å². The van der Waals surface area contributed by atoms with Crippen molar-refractivity contribution in [3.05, 3.63) is 46.5 Å². The van der Waals surface area contributed by atoms with Crippen LogP contribution in [0.15, 0.2) is 35.1 Å². The maximum Gasteiger partial charge on any atom is 0.182 e. The summed E-state index contributed by atoms with van der Waals surface area (Å²) in [6.07, 6.45) is 3.48. The van der Waals surface area contributed by atoms with Crippen molar-refractivity contribution in [2.45, 2.75) is 13.5 Å². The molecule has 0 aliphatic heterocycles. The second-order valence-electron chi connectivity index (χ2n) is 3.87. The maximum atomic E-state index is 12.1. The number of aromatic nitrogens is 2. The first-order chi connectivity index (χ1) is 8.61. The van der Waals surface area contributed by atoms with Crippen molar-refractivity contribution in [3.63, 3.8) is 0 Å². The molecule has 0 saturated carbocycles. The topological polar surface area (TPSA) is 44.1 Å². The Balaban J connectivity index is 2.19. The Hall–Kier alpha value is -1.62. The first-order valence-electron chi connectivity index (χ1n) is 5.46. The summed E-state index contributed by atoms with van der Waals surface area (Å²) in [5, 5.41) is 0. The number of imidazole rings is 1. The Morgan fingerprint density at radius 1 is 1.50 bits per heavy atom. The molecular weight excluding hydrogens is 296 g/mol. The van der Waals surface area contributed by atoms with E-state index >= 15 is 0 Å². The molecule has 0 amide bonds. The minimum atomic E-state index is 0.0412. The number of methoxy groups -OCH3 is 1.